The van der Waals surface area contributed by atoms with E-state index < -0.39 is 0 Å². The van der Waals surface area contributed by atoms with Gasteiger partial charge in [-0.3, -0.25) is 0 Å². The second-order valence-electron chi connectivity index (χ2n) is 9.74. The third-order valence-corrected chi connectivity index (χ3v) is 6.10. The van der Waals surface area contributed by atoms with E-state index in [9.17, 15) is 4.79 Å². The van der Waals surface area contributed by atoms with Crippen LogP contribution < -0.4 is 4.74 Å². The molecule has 0 N–H and O–H groups in total. The lowest BCUT2D eigenvalue weighted by molar-refractivity contribution is 0.0600. The maximum Gasteiger partial charge on any atom is 0.337 e. The molecule has 0 unspecified atom stereocenters. The Morgan fingerprint density at radius 3 is 1.97 bits per heavy atom. The van der Waals surface area contributed by atoms with Crippen molar-refractivity contribution in [3.8, 4) is 5.75 Å². The first-order valence-electron chi connectivity index (χ1n) is 12.3. The number of ether oxygens (including phenoxy) is 2. The highest BCUT2D eigenvalue weighted by Gasteiger charge is 2.07. The topological polar surface area (TPSA) is 35.5 Å². The molecule has 0 aliphatic heterocycles. The third-order valence-electron chi connectivity index (χ3n) is 6.10. The van der Waals surface area contributed by atoms with Gasteiger partial charge in [0, 0.05) is 0 Å². The predicted octanol–water partition coefficient (Wildman–Crippen LogP) is 8.24. The molecule has 0 amide bonds. The predicted molar refractivity (Wildman–Crippen MR) is 132 cm³/mol. The lowest BCUT2D eigenvalue weighted by Gasteiger charge is -2.15. The summed E-state index contributed by atoms with van der Waals surface area (Å²) in [5, 5.41) is 0. The smallest absolute Gasteiger partial charge is 0.337 e. The largest absolute Gasteiger partial charge is 0.490 e. The monoisotopic (exact) mass is 430 g/mol. The fourth-order valence-corrected chi connectivity index (χ4v) is 3.89. The van der Waals surface area contributed by atoms with Crippen molar-refractivity contribution >= 4 is 5.97 Å². The van der Waals surface area contributed by atoms with Crippen LogP contribution in [0.15, 0.2) is 35.9 Å². The zero-order chi connectivity index (χ0) is 23.1. The van der Waals surface area contributed by atoms with E-state index >= 15 is 0 Å². The van der Waals surface area contributed by atoms with Crippen LogP contribution in [0, 0.1) is 17.8 Å². The van der Waals surface area contributed by atoms with Crippen molar-refractivity contribution < 1.29 is 14.3 Å². The van der Waals surface area contributed by atoms with E-state index in [0.717, 1.165) is 29.9 Å². The summed E-state index contributed by atoms with van der Waals surface area (Å²) in [5.41, 5.74) is 1.92. The minimum atomic E-state index is -0.326. The molecule has 0 aromatic heterocycles. The van der Waals surface area contributed by atoms with Crippen LogP contribution in [0.1, 0.15) is 103 Å². The Kier molecular flexibility index (Phi) is 14.0. The second-order valence-corrected chi connectivity index (χ2v) is 9.74. The van der Waals surface area contributed by atoms with Gasteiger partial charge in [0.05, 0.1) is 12.7 Å². The van der Waals surface area contributed by atoms with E-state index in [1.165, 1.54) is 64.0 Å². The molecule has 0 spiro atoms. The minimum Gasteiger partial charge on any atom is -0.490 e. The number of benzene rings is 1. The van der Waals surface area contributed by atoms with Crippen LogP contribution in [-0.4, -0.2) is 19.7 Å². The van der Waals surface area contributed by atoms with E-state index in [2.05, 4.69) is 40.7 Å². The van der Waals surface area contributed by atoms with Gasteiger partial charge in [-0.2, -0.15) is 0 Å². The van der Waals surface area contributed by atoms with Crippen LogP contribution in [-0.2, 0) is 4.74 Å². The number of carbonyl (C=O) groups is 1. The standard InChI is InChI=1S/C28H46O3/c1-22(2)10-7-11-23(3)12-8-13-24(4)14-9-15-25(5)20-21-31-27-18-16-26(17-19-27)28(29)30-6/h16-20,22-24H,7-15,21H2,1-6H3/b25-20+/t23-,24-/m1/s1. The van der Waals surface area contributed by atoms with E-state index in [0.29, 0.717) is 12.2 Å². The Balaban J connectivity index is 2.13. The molecule has 31 heavy (non-hydrogen) atoms. The molecule has 3 heteroatoms. The van der Waals surface area contributed by atoms with Crippen molar-refractivity contribution in [2.75, 3.05) is 13.7 Å². The van der Waals surface area contributed by atoms with Gasteiger partial charge < -0.3 is 9.47 Å². The Morgan fingerprint density at radius 2 is 1.42 bits per heavy atom. The molecular weight excluding hydrogens is 384 g/mol. The number of carbonyl (C=O) groups excluding carboxylic acids is 1. The molecule has 176 valence electrons. The van der Waals surface area contributed by atoms with E-state index in [-0.39, 0.29) is 5.97 Å². The maximum absolute atomic E-state index is 11.4. The molecule has 0 saturated heterocycles. The number of rotatable bonds is 16. The molecule has 0 saturated carbocycles. The Morgan fingerprint density at radius 1 is 0.871 bits per heavy atom. The lowest BCUT2D eigenvalue weighted by atomic mass is 9.91. The van der Waals surface area contributed by atoms with Gasteiger partial charge >= 0.3 is 5.97 Å². The average molecular weight is 431 g/mol. The van der Waals surface area contributed by atoms with Gasteiger partial charge in [-0.15, -0.1) is 0 Å². The molecule has 1 aromatic carbocycles. The van der Waals surface area contributed by atoms with Gasteiger partial charge in [0.15, 0.2) is 0 Å². The molecule has 0 heterocycles. The van der Waals surface area contributed by atoms with Gasteiger partial charge in [0.1, 0.15) is 12.4 Å². The van der Waals surface area contributed by atoms with Crippen LogP contribution in [0.25, 0.3) is 0 Å². The highest BCUT2D eigenvalue weighted by molar-refractivity contribution is 5.89. The first-order valence-corrected chi connectivity index (χ1v) is 12.3. The zero-order valence-electron chi connectivity index (χ0n) is 20.9. The normalized spacial score (nSPS) is 13.8. The molecule has 0 radical (unpaired) electrons. The summed E-state index contributed by atoms with van der Waals surface area (Å²) in [5.74, 6) is 2.99. The molecule has 0 aliphatic carbocycles. The Bertz CT molecular complexity index is 630. The summed E-state index contributed by atoms with van der Waals surface area (Å²) in [6.45, 7) is 12.2. The van der Waals surface area contributed by atoms with E-state index in [4.69, 9.17) is 9.47 Å². The second kappa shape index (κ2) is 15.9. The Labute approximate surface area is 191 Å². The number of esters is 1. The quantitative estimate of drug-likeness (QED) is 0.196. The number of hydrogen-bond donors (Lipinski definition) is 0. The molecule has 2 atom stereocenters. The summed E-state index contributed by atoms with van der Waals surface area (Å²) in [6.07, 6.45) is 14.2. The fraction of sp³-hybridized carbons (Fsp3) is 0.679. The van der Waals surface area contributed by atoms with Crippen LogP contribution in [0.4, 0.5) is 0 Å². The van der Waals surface area contributed by atoms with Crippen molar-refractivity contribution in [1.29, 1.82) is 0 Å². The molecule has 1 rings (SSSR count). The van der Waals surface area contributed by atoms with Crippen molar-refractivity contribution in [1.82, 2.24) is 0 Å². The summed E-state index contributed by atoms with van der Waals surface area (Å²) in [6, 6.07) is 7.07. The molecule has 3 nitrogen and oxygen atoms in total. The number of allylic oxidation sites excluding steroid dienone is 1. The maximum atomic E-state index is 11.4. The summed E-state index contributed by atoms with van der Waals surface area (Å²) in [4.78, 5) is 11.4. The van der Waals surface area contributed by atoms with Crippen molar-refractivity contribution in [2.24, 2.45) is 17.8 Å². The zero-order valence-corrected chi connectivity index (χ0v) is 20.9. The van der Waals surface area contributed by atoms with Gasteiger partial charge in [-0.1, -0.05) is 78.2 Å². The molecule has 0 fully saturated rings. The molecule has 1 aromatic rings. The van der Waals surface area contributed by atoms with Crippen LogP contribution in [0.5, 0.6) is 5.75 Å². The average Bonchev–Trinajstić information content (AvgIpc) is 2.73. The number of hydrogen-bond acceptors (Lipinski definition) is 3. The molecule has 0 bridgehead atoms. The van der Waals surface area contributed by atoms with Gasteiger partial charge in [0.25, 0.3) is 0 Å². The third kappa shape index (κ3) is 13.3. The summed E-state index contributed by atoms with van der Waals surface area (Å²) < 4.78 is 10.5. The van der Waals surface area contributed by atoms with Crippen LogP contribution in [0.3, 0.4) is 0 Å². The van der Waals surface area contributed by atoms with Gasteiger partial charge in [0.2, 0.25) is 0 Å². The Hall–Kier alpha value is -1.77. The van der Waals surface area contributed by atoms with Crippen molar-refractivity contribution in [2.45, 2.75) is 92.4 Å². The summed E-state index contributed by atoms with van der Waals surface area (Å²) in [7, 11) is 1.39. The SMILES string of the molecule is COC(=O)c1ccc(OC/C=C(\C)CCC[C@H](C)CCC[C@H](C)CCCC(C)C)cc1. The molecular formula is C28H46O3. The lowest BCUT2D eigenvalue weighted by Crippen LogP contribution is -2.01. The van der Waals surface area contributed by atoms with Gasteiger partial charge in [-0.05, 0) is 67.9 Å². The molecule has 0 aliphatic rings. The van der Waals surface area contributed by atoms with Crippen LogP contribution in [0.2, 0.25) is 0 Å². The van der Waals surface area contributed by atoms with E-state index in [1.807, 2.05) is 12.1 Å². The number of methoxy groups -OCH3 is 1. The van der Waals surface area contributed by atoms with Crippen molar-refractivity contribution in [3.63, 3.8) is 0 Å². The minimum absolute atomic E-state index is 0.326. The van der Waals surface area contributed by atoms with Gasteiger partial charge in [-0.25, -0.2) is 4.79 Å². The highest BCUT2D eigenvalue weighted by Crippen LogP contribution is 2.22. The first-order chi connectivity index (χ1) is 14.8. The van der Waals surface area contributed by atoms with Crippen molar-refractivity contribution in [3.05, 3.63) is 41.5 Å². The fourth-order valence-electron chi connectivity index (χ4n) is 3.89. The van der Waals surface area contributed by atoms with E-state index in [1.54, 1.807) is 12.1 Å². The highest BCUT2D eigenvalue weighted by atomic mass is 16.5. The van der Waals surface area contributed by atoms with Crippen LogP contribution >= 0.6 is 0 Å². The first kappa shape index (κ1) is 27.3. The summed E-state index contributed by atoms with van der Waals surface area (Å²) >= 11 is 0.